The molecule has 0 aromatic heterocycles. The molecule has 2 atom stereocenters. The summed E-state index contributed by atoms with van der Waals surface area (Å²) in [4.78, 5) is 26.9. The first kappa shape index (κ1) is 22.5. The van der Waals surface area contributed by atoms with Crippen LogP contribution in [0.2, 0.25) is 0 Å². The van der Waals surface area contributed by atoms with Gasteiger partial charge in [-0.25, -0.2) is 13.1 Å². The molecule has 1 aliphatic carbocycles. The quantitative estimate of drug-likeness (QED) is 0.646. The maximum atomic E-state index is 13.1. The fourth-order valence-electron chi connectivity index (χ4n) is 4.66. The van der Waals surface area contributed by atoms with Gasteiger partial charge in [0.25, 0.3) is 0 Å². The number of amides is 2. The lowest BCUT2D eigenvalue weighted by atomic mass is 9.81. The highest BCUT2D eigenvalue weighted by Crippen LogP contribution is 2.39. The minimum Gasteiger partial charge on any atom is -0.495 e. The molecule has 1 aliphatic heterocycles. The van der Waals surface area contributed by atoms with Crippen LogP contribution in [0.25, 0.3) is 0 Å². The van der Waals surface area contributed by atoms with Crippen LogP contribution >= 0.6 is 0 Å². The second-order valence-corrected chi connectivity index (χ2v) is 10.2. The molecule has 4 rings (SSSR count). The molecule has 7 nitrogen and oxygen atoms in total. The van der Waals surface area contributed by atoms with E-state index in [1.54, 1.807) is 12.1 Å². The van der Waals surface area contributed by atoms with Crippen molar-refractivity contribution in [3.8, 4) is 5.75 Å². The zero-order chi connectivity index (χ0) is 22.9. The van der Waals surface area contributed by atoms with Crippen molar-refractivity contribution in [1.82, 2.24) is 9.62 Å². The van der Waals surface area contributed by atoms with Crippen molar-refractivity contribution in [1.29, 1.82) is 0 Å². The number of rotatable bonds is 7. The zero-order valence-corrected chi connectivity index (χ0v) is 19.2. The normalized spacial score (nSPS) is 21.0. The molecule has 170 valence electrons. The van der Waals surface area contributed by atoms with Gasteiger partial charge in [0, 0.05) is 6.54 Å². The largest absolute Gasteiger partial charge is 0.495 e. The van der Waals surface area contributed by atoms with Crippen LogP contribution in [-0.4, -0.2) is 32.2 Å². The van der Waals surface area contributed by atoms with Crippen molar-refractivity contribution >= 4 is 21.8 Å². The van der Waals surface area contributed by atoms with E-state index in [4.69, 9.17) is 4.74 Å². The van der Waals surface area contributed by atoms with Crippen molar-refractivity contribution in [2.45, 2.75) is 50.6 Å². The van der Waals surface area contributed by atoms with Crippen molar-refractivity contribution in [2.75, 3.05) is 7.11 Å². The van der Waals surface area contributed by atoms with E-state index >= 15 is 0 Å². The predicted molar refractivity (Wildman–Crippen MR) is 119 cm³/mol. The summed E-state index contributed by atoms with van der Waals surface area (Å²) in [7, 11) is -2.48. The molecule has 0 radical (unpaired) electrons. The average molecular weight is 457 g/mol. The number of carbonyl (C=O) groups excluding carboxylic acids is 2. The molecule has 32 heavy (non-hydrogen) atoms. The first-order chi connectivity index (χ1) is 15.3. The van der Waals surface area contributed by atoms with Gasteiger partial charge in [-0.05, 0) is 48.6 Å². The van der Waals surface area contributed by atoms with Gasteiger partial charge in [-0.2, -0.15) is 0 Å². The smallest absolute Gasteiger partial charge is 0.244 e. The van der Waals surface area contributed by atoms with Gasteiger partial charge < -0.3 is 4.74 Å². The van der Waals surface area contributed by atoms with Gasteiger partial charge in [-0.3, -0.25) is 14.5 Å². The van der Waals surface area contributed by atoms with Crippen LogP contribution in [0.15, 0.2) is 47.4 Å². The van der Waals surface area contributed by atoms with E-state index in [1.165, 1.54) is 18.1 Å². The number of hydrogen-bond acceptors (Lipinski definition) is 5. The molecular formula is C24H28N2O5S. The van der Waals surface area contributed by atoms with E-state index in [1.807, 2.05) is 31.2 Å². The maximum Gasteiger partial charge on any atom is 0.244 e. The third-order valence-corrected chi connectivity index (χ3v) is 7.93. The van der Waals surface area contributed by atoms with Gasteiger partial charge in [0.1, 0.15) is 10.6 Å². The summed E-state index contributed by atoms with van der Waals surface area (Å²) < 4.78 is 34.1. The Morgan fingerprint density at radius 2 is 1.69 bits per heavy atom. The first-order valence-corrected chi connectivity index (χ1v) is 12.4. The Morgan fingerprint density at radius 3 is 2.31 bits per heavy atom. The fourth-order valence-corrected chi connectivity index (χ4v) is 5.88. The third-order valence-electron chi connectivity index (χ3n) is 6.50. The van der Waals surface area contributed by atoms with E-state index in [0.717, 1.165) is 36.8 Å². The summed E-state index contributed by atoms with van der Waals surface area (Å²) >= 11 is 0. The standard InChI is InChI=1S/C24H28N2O5S/c1-16-7-3-4-8-18(16)14-25-32(29,30)22-13-17(11-12-21(22)31-2)15-26-23(27)19-9-5-6-10-20(19)24(26)28/h3-4,7-8,11-13,19-20,25H,5-6,9-10,14-15H2,1-2H3. The number of nitrogens with one attached hydrogen (secondary N) is 1. The molecule has 1 heterocycles. The number of benzene rings is 2. The lowest BCUT2D eigenvalue weighted by Crippen LogP contribution is -2.30. The lowest BCUT2D eigenvalue weighted by molar-refractivity contribution is -0.140. The highest BCUT2D eigenvalue weighted by molar-refractivity contribution is 7.89. The summed E-state index contributed by atoms with van der Waals surface area (Å²) in [6.07, 6.45) is 3.42. The number of methoxy groups -OCH3 is 1. The molecule has 1 N–H and O–H groups in total. The van der Waals surface area contributed by atoms with E-state index in [9.17, 15) is 18.0 Å². The Hall–Kier alpha value is -2.71. The average Bonchev–Trinajstić information content (AvgIpc) is 3.03. The summed E-state index contributed by atoms with van der Waals surface area (Å²) in [5.74, 6) is -0.532. The highest BCUT2D eigenvalue weighted by Gasteiger charge is 2.47. The summed E-state index contributed by atoms with van der Waals surface area (Å²) in [5, 5.41) is 0. The second-order valence-electron chi connectivity index (χ2n) is 8.50. The molecule has 0 spiro atoms. The lowest BCUT2D eigenvalue weighted by Gasteiger charge is -2.19. The minimum absolute atomic E-state index is 0.0115. The topological polar surface area (TPSA) is 92.8 Å². The molecule has 0 bridgehead atoms. The Morgan fingerprint density at radius 1 is 1.03 bits per heavy atom. The molecule has 2 aliphatic rings. The predicted octanol–water partition coefficient (Wildman–Crippen LogP) is 3.16. The summed E-state index contributed by atoms with van der Waals surface area (Å²) in [5.41, 5.74) is 2.44. The van der Waals surface area contributed by atoms with E-state index < -0.39 is 10.0 Å². The number of hydrogen-bond donors (Lipinski definition) is 1. The van der Waals surface area contributed by atoms with Crippen LogP contribution < -0.4 is 9.46 Å². The van der Waals surface area contributed by atoms with Crippen molar-refractivity contribution in [3.63, 3.8) is 0 Å². The van der Waals surface area contributed by atoms with Gasteiger partial charge >= 0.3 is 0 Å². The fraction of sp³-hybridized carbons (Fsp3) is 0.417. The molecular weight excluding hydrogens is 428 g/mol. The molecule has 8 heteroatoms. The Bertz CT molecular complexity index is 1120. The SMILES string of the molecule is COc1ccc(CN2C(=O)C3CCCCC3C2=O)cc1S(=O)(=O)NCc1ccccc1C. The Kier molecular flexibility index (Phi) is 6.35. The van der Waals surface area contributed by atoms with Crippen molar-refractivity contribution in [2.24, 2.45) is 11.8 Å². The van der Waals surface area contributed by atoms with Gasteiger partial charge in [-0.1, -0.05) is 43.2 Å². The molecule has 2 amide bonds. The Labute approximate surface area is 188 Å². The number of fused-ring (bicyclic) bond motifs is 1. The second kappa shape index (κ2) is 9.03. The zero-order valence-electron chi connectivity index (χ0n) is 18.3. The van der Waals surface area contributed by atoms with E-state index in [2.05, 4.69) is 4.72 Å². The van der Waals surface area contributed by atoms with Crippen LogP contribution in [0.5, 0.6) is 5.75 Å². The van der Waals surface area contributed by atoms with Gasteiger partial charge in [0.15, 0.2) is 0 Å². The van der Waals surface area contributed by atoms with Gasteiger partial charge in [0.05, 0.1) is 25.5 Å². The number of ether oxygens (including phenoxy) is 1. The minimum atomic E-state index is -3.89. The number of sulfonamides is 1. The molecule has 2 fully saturated rings. The molecule has 1 saturated heterocycles. The van der Waals surface area contributed by atoms with Crippen molar-refractivity contribution < 1.29 is 22.7 Å². The van der Waals surface area contributed by atoms with Gasteiger partial charge in [-0.15, -0.1) is 0 Å². The number of likely N-dealkylation sites (tertiary alicyclic amines) is 1. The van der Waals surface area contributed by atoms with Crippen LogP contribution in [0, 0.1) is 18.8 Å². The number of nitrogens with zero attached hydrogens (tertiary/aromatic N) is 1. The van der Waals surface area contributed by atoms with Crippen molar-refractivity contribution in [3.05, 3.63) is 59.2 Å². The number of imide groups is 1. The molecule has 2 aromatic carbocycles. The first-order valence-electron chi connectivity index (χ1n) is 10.9. The summed E-state index contributed by atoms with van der Waals surface area (Å²) in [6.45, 7) is 2.14. The van der Waals surface area contributed by atoms with Crippen LogP contribution in [0.4, 0.5) is 0 Å². The van der Waals surface area contributed by atoms with E-state index in [0.29, 0.717) is 5.56 Å². The monoisotopic (exact) mass is 456 g/mol. The molecule has 1 saturated carbocycles. The Balaban J connectivity index is 1.56. The van der Waals surface area contributed by atoms with Crippen LogP contribution in [0.3, 0.4) is 0 Å². The number of carbonyl (C=O) groups is 2. The number of aryl methyl sites for hydroxylation is 1. The molecule has 2 unspecified atom stereocenters. The molecule has 2 aromatic rings. The highest BCUT2D eigenvalue weighted by atomic mass is 32.2. The van der Waals surface area contributed by atoms with Crippen LogP contribution in [0.1, 0.15) is 42.4 Å². The van der Waals surface area contributed by atoms with Gasteiger partial charge in [0.2, 0.25) is 21.8 Å². The van der Waals surface area contributed by atoms with E-state index in [-0.39, 0.29) is 47.4 Å². The summed E-state index contributed by atoms with van der Waals surface area (Å²) in [6, 6.07) is 12.3. The third kappa shape index (κ3) is 4.29. The van der Waals surface area contributed by atoms with Crippen LogP contribution in [-0.2, 0) is 32.7 Å². The maximum absolute atomic E-state index is 13.1.